The molecule has 4 heteroatoms. The highest BCUT2D eigenvalue weighted by molar-refractivity contribution is 5.73. The number of hydrogen-bond donors (Lipinski definition) is 1. The maximum absolute atomic E-state index is 11.3. The molecule has 0 aliphatic carbocycles. The van der Waals surface area contributed by atoms with Crippen molar-refractivity contribution in [2.75, 3.05) is 39.8 Å². The van der Waals surface area contributed by atoms with E-state index in [0.29, 0.717) is 5.92 Å². The lowest BCUT2D eigenvalue weighted by molar-refractivity contribution is 0.132. The first-order valence-corrected chi connectivity index (χ1v) is 5.32. The Morgan fingerprint density at radius 1 is 1.29 bits per heavy atom. The maximum Gasteiger partial charge on any atom is 0.317 e. The van der Waals surface area contributed by atoms with Crippen molar-refractivity contribution in [3.63, 3.8) is 0 Å². The molecule has 1 fully saturated rings. The first-order valence-electron chi connectivity index (χ1n) is 5.32. The van der Waals surface area contributed by atoms with Crippen LogP contribution in [0, 0.1) is 5.92 Å². The minimum atomic E-state index is 0.0502. The van der Waals surface area contributed by atoms with E-state index in [0.717, 1.165) is 32.7 Å². The third-order valence-corrected chi connectivity index (χ3v) is 2.50. The van der Waals surface area contributed by atoms with Crippen molar-refractivity contribution in [1.29, 1.82) is 0 Å². The number of amides is 2. The van der Waals surface area contributed by atoms with Crippen LogP contribution >= 0.6 is 0 Å². The van der Waals surface area contributed by atoms with Crippen LogP contribution in [0.25, 0.3) is 0 Å². The van der Waals surface area contributed by atoms with Gasteiger partial charge >= 0.3 is 6.03 Å². The van der Waals surface area contributed by atoms with Gasteiger partial charge in [-0.05, 0) is 5.92 Å². The fourth-order valence-corrected chi connectivity index (χ4v) is 1.81. The third-order valence-electron chi connectivity index (χ3n) is 2.50. The molecule has 1 heterocycles. The van der Waals surface area contributed by atoms with Crippen molar-refractivity contribution >= 4 is 6.03 Å². The van der Waals surface area contributed by atoms with Gasteiger partial charge in [0.25, 0.3) is 0 Å². The Balaban J connectivity index is 2.27. The van der Waals surface area contributed by atoms with Crippen molar-refractivity contribution < 1.29 is 4.79 Å². The van der Waals surface area contributed by atoms with E-state index in [2.05, 4.69) is 24.1 Å². The van der Waals surface area contributed by atoms with E-state index < -0.39 is 0 Å². The van der Waals surface area contributed by atoms with Crippen LogP contribution in [-0.2, 0) is 0 Å². The number of nitrogens with one attached hydrogen (secondary N) is 1. The summed E-state index contributed by atoms with van der Waals surface area (Å²) < 4.78 is 0. The van der Waals surface area contributed by atoms with Crippen molar-refractivity contribution in [1.82, 2.24) is 15.1 Å². The zero-order valence-corrected chi connectivity index (χ0v) is 9.42. The number of carbonyl (C=O) groups is 1. The SMILES string of the molecule is CNC(=O)N1CCN(CC(C)C)CC1. The fourth-order valence-electron chi connectivity index (χ4n) is 1.81. The van der Waals surface area contributed by atoms with Gasteiger partial charge in [-0.2, -0.15) is 0 Å². The van der Waals surface area contributed by atoms with E-state index >= 15 is 0 Å². The Labute approximate surface area is 86.2 Å². The Hall–Kier alpha value is -0.770. The highest BCUT2D eigenvalue weighted by atomic mass is 16.2. The fraction of sp³-hybridized carbons (Fsp3) is 0.900. The van der Waals surface area contributed by atoms with Crippen molar-refractivity contribution in [2.24, 2.45) is 5.92 Å². The van der Waals surface area contributed by atoms with E-state index in [1.165, 1.54) is 0 Å². The molecular weight excluding hydrogens is 178 g/mol. The molecule has 1 aliphatic rings. The second-order valence-corrected chi connectivity index (χ2v) is 4.24. The van der Waals surface area contributed by atoms with Crippen LogP contribution in [0.2, 0.25) is 0 Å². The summed E-state index contributed by atoms with van der Waals surface area (Å²) in [5.41, 5.74) is 0. The number of carbonyl (C=O) groups excluding carboxylic acids is 1. The van der Waals surface area contributed by atoms with Gasteiger partial charge in [0.15, 0.2) is 0 Å². The maximum atomic E-state index is 11.3. The molecule has 0 bridgehead atoms. The largest absolute Gasteiger partial charge is 0.341 e. The smallest absolute Gasteiger partial charge is 0.317 e. The molecule has 1 saturated heterocycles. The van der Waals surface area contributed by atoms with Gasteiger partial charge in [0.2, 0.25) is 0 Å². The Morgan fingerprint density at radius 2 is 1.86 bits per heavy atom. The standard InChI is InChI=1S/C10H21N3O/c1-9(2)8-12-4-6-13(7-5-12)10(14)11-3/h9H,4-8H2,1-3H3,(H,11,14). The summed E-state index contributed by atoms with van der Waals surface area (Å²) in [6, 6.07) is 0.0502. The highest BCUT2D eigenvalue weighted by Gasteiger charge is 2.20. The van der Waals surface area contributed by atoms with Gasteiger partial charge in [-0.1, -0.05) is 13.8 Å². The molecule has 0 aromatic carbocycles. The Bertz CT molecular complexity index is 186. The number of rotatable bonds is 2. The molecule has 0 atom stereocenters. The minimum absolute atomic E-state index is 0.0502. The predicted molar refractivity (Wildman–Crippen MR) is 57.3 cm³/mol. The summed E-state index contributed by atoms with van der Waals surface area (Å²) in [7, 11) is 1.68. The summed E-state index contributed by atoms with van der Waals surface area (Å²) in [4.78, 5) is 15.6. The van der Waals surface area contributed by atoms with E-state index in [1.54, 1.807) is 7.05 Å². The topological polar surface area (TPSA) is 35.6 Å². The summed E-state index contributed by atoms with van der Waals surface area (Å²) in [5.74, 6) is 0.710. The van der Waals surface area contributed by atoms with Crippen LogP contribution in [0.4, 0.5) is 4.79 Å². The molecule has 0 radical (unpaired) electrons. The second kappa shape index (κ2) is 5.20. The van der Waals surface area contributed by atoms with Crippen LogP contribution < -0.4 is 5.32 Å². The van der Waals surface area contributed by atoms with Crippen molar-refractivity contribution in [2.45, 2.75) is 13.8 Å². The van der Waals surface area contributed by atoms with Gasteiger partial charge in [-0.15, -0.1) is 0 Å². The summed E-state index contributed by atoms with van der Waals surface area (Å²) in [5, 5.41) is 2.66. The number of urea groups is 1. The lowest BCUT2D eigenvalue weighted by atomic mass is 10.2. The van der Waals surface area contributed by atoms with Gasteiger partial charge in [-0.25, -0.2) is 4.79 Å². The molecule has 0 aromatic rings. The molecule has 0 aromatic heterocycles. The molecule has 0 unspecified atom stereocenters. The average molecular weight is 199 g/mol. The van der Waals surface area contributed by atoms with Crippen LogP contribution in [0.3, 0.4) is 0 Å². The first kappa shape index (κ1) is 11.3. The molecule has 82 valence electrons. The summed E-state index contributed by atoms with van der Waals surface area (Å²) >= 11 is 0. The minimum Gasteiger partial charge on any atom is -0.341 e. The molecule has 1 rings (SSSR count). The molecule has 4 nitrogen and oxygen atoms in total. The monoisotopic (exact) mass is 199 g/mol. The second-order valence-electron chi connectivity index (χ2n) is 4.24. The molecule has 0 spiro atoms. The van der Waals surface area contributed by atoms with Gasteiger partial charge in [0.05, 0.1) is 0 Å². The highest BCUT2D eigenvalue weighted by Crippen LogP contribution is 2.04. The molecule has 2 amide bonds. The zero-order valence-electron chi connectivity index (χ0n) is 9.42. The number of piperazine rings is 1. The normalized spacial score (nSPS) is 18.7. The quantitative estimate of drug-likeness (QED) is 0.707. The molecule has 1 N–H and O–H groups in total. The zero-order chi connectivity index (χ0) is 10.6. The van der Waals surface area contributed by atoms with Crippen LogP contribution in [0.5, 0.6) is 0 Å². The van der Waals surface area contributed by atoms with Crippen LogP contribution in [0.1, 0.15) is 13.8 Å². The van der Waals surface area contributed by atoms with Crippen LogP contribution in [0.15, 0.2) is 0 Å². The van der Waals surface area contributed by atoms with E-state index in [1.807, 2.05) is 4.90 Å². The average Bonchev–Trinajstić information content (AvgIpc) is 2.17. The molecular formula is C10H21N3O. The van der Waals surface area contributed by atoms with E-state index in [-0.39, 0.29) is 6.03 Å². The van der Waals surface area contributed by atoms with E-state index in [4.69, 9.17) is 0 Å². The Kier molecular flexibility index (Phi) is 4.20. The van der Waals surface area contributed by atoms with Gasteiger partial charge in [0.1, 0.15) is 0 Å². The molecule has 0 saturated carbocycles. The molecule has 1 aliphatic heterocycles. The lowest BCUT2D eigenvalue weighted by Crippen LogP contribution is -2.51. The summed E-state index contributed by atoms with van der Waals surface area (Å²) in [6.45, 7) is 9.31. The summed E-state index contributed by atoms with van der Waals surface area (Å²) in [6.07, 6.45) is 0. The van der Waals surface area contributed by atoms with Gasteiger partial charge in [0, 0.05) is 39.8 Å². The van der Waals surface area contributed by atoms with Crippen molar-refractivity contribution in [3.05, 3.63) is 0 Å². The van der Waals surface area contributed by atoms with Crippen LogP contribution in [-0.4, -0.2) is 55.6 Å². The van der Waals surface area contributed by atoms with E-state index in [9.17, 15) is 4.79 Å². The Morgan fingerprint density at radius 3 is 2.29 bits per heavy atom. The number of hydrogen-bond acceptors (Lipinski definition) is 2. The van der Waals surface area contributed by atoms with Gasteiger partial charge < -0.3 is 10.2 Å². The predicted octanol–water partition coefficient (Wildman–Crippen LogP) is 0.599. The molecule has 14 heavy (non-hydrogen) atoms. The first-order chi connectivity index (χ1) is 6.63. The number of nitrogens with zero attached hydrogens (tertiary/aromatic N) is 2. The third kappa shape index (κ3) is 3.18. The van der Waals surface area contributed by atoms with Crippen molar-refractivity contribution in [3.8, 4) is 0 Å². The lowest BCUT2D eigenvalue weighted by Gasteiger charge is -2.35. The van der Waals surface area contributed by atoms with Gasteiger partial charge in [-0.3, -0.25) is 4.90 Å².